The van der Waals surface area contributed by atoms with Crippen molar-refractivity contribution in [2.75, 3.05) is 26.2 Å². The van der Waals surface area contributed by atoms with E-state index in [1.165, 1.54) is 45.3 Å². The average Bonchev–Trinajstić information content (AvgIpc) is 3.09. The largest absolute Gasteiger partial charge is 0.343 e. The number of rotatable bonds is 4. The molecule has 5 nitrogen and oxygen atoms in total. The van der Waals surface area contributed by atoms with Crippen LogP contribution in [0.2, 0.25) is 0 Å². The molecule has 2 fully saturated rings. The van der Waals surface area contributed by atoms with E-state index < -0.39 is 0 Å². The summed E-state index contributed by atoms with van der Waals surface area (Å²) in [6.07, 6.45) is 6.38. The number of nitrogens with zero attached hydrogens (tertiary/aromatic N) is 3. The van der Waals surface area contributed by atoms with Gasteiger partial charge >= 0.3 is 0 Å². The number of hydrogen-bond acceptors (Lipinski definition) is 5. The molecule has 1 N–H and O–H groups in total. The molecule has 17 heavy (non-hydrogen) atoms. The molecule has 5 heteroatoms. The van der Waals surface area contributed by atoms with E-state index in [4.69, 9.17) is 4.52 Å². The van der Waals surface area contributed by atoms with Crippen molar-refractivity contribution in [3.8, 4) is 0 Å². The Morgan fingerprint density at radius 2 is 2.41 bits per heavy atom. The molecule has 1 aliphatic carbocycles. The van der Waals surface area contributed by atoms with Gasteiger partial charge in [0, 0.05) is 25.6 Å². The molecule has 2 aliphatic rings. The molecule has 94 valence electrons. The molecule has 1 aromatic rings. The van der Waals surface area contributed by atoms with Crippen LogP contribution in [0.4, 0.5) is 0 Å². The third-order valence-corrected chi connectivity index (χ3v) is 3.76. The maximum atomic E-state index is 4.76. The first-order valence-electron chi connectivity index (χ1n) is 6.63. The van der Waals surface area contributed by atoms with Gasteiger partial charge < -0.3 is 14.7 Å². The van der Waals surface area contributed by atoms with Crippen LogP contribution in [0.3, 0.4) is 0 Å². The van der Waals surface area contributed by atoms with Crippen molar-refractivity contribution in [3.05, 3.63) is 12.2 Å². The summed E-state index contributed by atoms with van der Waals surface area (Å²) in [5.74, 6) is 1.76. The van der Waals surface area contributed by atoms with Crippen LogP contribution in [0.15, 0.2) is 10.9 Å². The van der Waals surface area contributed by atoms with Crippen LogP contribution in [-0.4, -0.2) is 47.3 Å². The zero-order valence-corrected chi connectivity index (χ0v) is 10.1. The fourth-order valence-corrected chi connectivity index (χ4v) is 2.60. The fourth-order valence-electron chi connectivity index (χ4n) is 2.60. The van der Waals surface area contributed by atoms with Crippen molar-refractivity contribution in [2.45, 2.75) is 31.7 Å². The number of aromatic nitrogens is 2. The summed E-state index contributed by atoms with van der Waals surface area (Å²) in [4.78, 5) is 6.61. The summed E-state index contributed by atoms with van der Waals surface area (Å²) >= 11 is 0. The van der Waals surface area contributed by atoms with Gasteiger partial charge in [-0.05, 0) is 38.3 Å². The molecule has 3 rings (SSSR count). The lowest BCUT2D eigenvalue weighted by Gasteiger charge is -2.23. The second-order valence-electron chi connectivity index (χ2n) is 5.15. The van der Waals surface area contributed by atoms with Crippen molar-refractivity contribution in [1.82, 2.24) is 20.4 Å². The van der Waals surface area contributed by atoms with Crippen LogP contribution in [0.1, 0.15) is 25.1 Å². The predicted molar refractivity (Wildman–Crippen MR) is 63.6 cm³/mol. The lowest BCUT2D eigenvalue weighted by Crippen LogP contribution is -2.39. The van der Waals surface area contributed by atoms with Crippen molar-refractivity contribution >= 4 is 0 Å². The topological polar surface area (TPSA) is 54.2 Å². The molecular weight excluding hydrogens is 216 g/mol. The summed E-state index contributed by atoms with van der Waals surface area (Å²) < 4.78 is 4.76. The molecule has 1 aromatic heterocycles. The van der Waals surface area contributed by atoms with Crippen molar-refractivity contribution in [1.29, 1.82) is 0 Å². The molecule has 2 heterocycles. The van der Waals surface area contributed by atoms with E-state index in [1.54, 1.807) is 0 Å². The molecular formula is C12H20N4O. The van der Waals surface area contributed by atoms with Crippen LogP contribution in [0, 0.1) is 5.92 Å². The van der Waals surface area contributed by atoms with Gasteiger partial charge in [-0.3, -0.25) is 0 Å². The van der Waals surface area contributed by atoms with Crippen molar-refractivity contribution in [3.63, 3.8) is 0 Å². The van der Waals surface area contributed by atoms with Crippen LogP contribution >= 0.6 is 0 Å². The lowest BCUT2D eigenvalue weighted by molar-refractivity contribution is 0.259. The van der Waals surface area contributed by atoms with Gasteiger partial charge in [0.05, 0.1) is 0 Å². The highest BCUT2D eigenvalue weighted by atomic mass is 16.5. The molecule has 1 atom stereocenters. The second-order valence-corrected chi connectivity index (χ2v) is 5.15. The van der Waals surface area contributed by atoms with Gasteiger partial charge in [-0.1, -0.05) is 5.16 Å². The van der Waals surface area contributed by atoms with Gasteiger partial charge in [0.25, 0.3) is 0 Å². The van der Waals surface area contributed by atoms with Crippen LogP contribution in [0.25, 0.3) is 0 Å². The number of nitrogens with one attached hydrogen (secondary N) is 1. The van der Waals surface area contributed by atoms with Crippen LogP contribution in [0.5, 0.6) is 0 Å². The Morgan fingerprint density at radius 1 is 1.47 bits per heavy atom. The Hall–Kier alpha value is -0.940. The Kier molecular flexibility index (Phi) is 3.38. The first-order valence-corrected chi connectivity index (χ1v) is 6.63. The highest BCUT2D eigenvalue weighted by molar-refractivity contribution is 4.90. The predicted octanol–water partition coefficient (Wildman–Crippen LogP) is 0.686. The molecule has 1 saturated carbocycles. The van der Waals surface area contributed by atoms with Crippen molar-refractivity contribution in [2.24, 2.45) is 5.92 Å². The van der Waals surface area contributed by atoms with Gasteiger partial charge in [-0.15, -0.1) is 0 Å². The maximum absolute atomic E-state index is 4.76. The third kappa shape index (κ3) is 3.04. The van der Waals surface area contributed by atoms with Gasteiger partial charge in [0.2, 0.25) is 6.39 Å². The Bertz CT molecular complexity index is 336. The number of hydrogen-bond donors (Lipinski definition) is 1. The van der Waals surface area contributed by atoms with Gasteiger partial charge in [-0.2, -0.15) is 4.98 Å². The smallest absolute Gasteiger partial charge is 0.213 e. The zero-order chi connectivity index (χ0) is 11.5. The average molecular weight is 236 g/mol. The van der Waals surface area contributed by atoms with E-state index >= 15 is 0 Å². The summed E-state index contributed by atoms with van der Waals surface area (Å²) in [6.45, 7) is 4.58. The molecule has 1 unspecified atom stereocenters. The Morgan fingerprint density at radius 3 is 3.18 bits per heavy atom. The molecule has 1 saturated heterocycles. The van der Waals surface area contributed by atoms with E-state index in [0.717, 1.165) is 24.7 Å². The van der Waals surface area contributed by atoms with E-state index in [1.807, 2.05) is 0 Å². The quantitative estimate of drug-likeness (QED) is 0.833. The van der Waals surface area contributed by atoms with Gasteiger partial charge in [0.1, 0.15) is 0 Å². The van der Waals surface area contributed by atoms with Crippen LogP contribution < -0.4 is 5.32 Å². The normalized spacial score (nSPS) is 26.9. The van der Waals surface area contributed by atoms with E-state index in [-0.39, 0.29) is 0 Å². The first kappa shape index (κ1) is 11.2. The summed E-state index contributed by atoms with van der Waals surface area (Å²) in [5.41, 5.74) is 0. The molecule has 0 radical (unpaired) electrons. The Balaban J connectivity index is 1.50. The molecule has 0 amide bonds. The summed E-state index contributed by atoms with van der Waals surface area (Å²) in [7, 11) is 0. The molecule has 1 aliphatic heterocycles. The highest BCUT2D eigenvalue weighted by Crippen LogP contribution is 2.33. The minimum absolute atomic E-state index is 0.711. The first-order chi connectivity index (χ1) is 8.42. The zero-order valence-electron chi connectivity index (χ0n) is 10.1. The highest BCUT2D eigenvalue weighted by Gasteiger charge is 2.32. The summed E-state index contributed by atoms with van der Waals surface area (Å²) in [6, 6.07) is 0.711. The van der Waals surface area contributed by atoms with Crippen molar-refractivity contribution < 1.29 is 4.52 Å². The lowest BCUT2D eigenvalue weighted by atomic mass is 10.2. The molecule has 0 spiro atoms. The van der Waals surface area contributed by atoms with Gasteiger partial charge in [-0.25, -0.2) is 0 Å². The monoisotopic (exact) mass is 236 g/mol. The minimum atomic E-state index is 0.711. The standard InChI is InChI=1S/C12H20N4O/c1-5-13-11(10-2-3-10)8-16(6-1)7-4-12-14-9-17-15-12/h9-11,13H,1-8H2. The van der Waals surface area contributed by atoms with E-state index in [9.17, 15) is 0 Å². The minimum Gasteiger partial charge on any atom is -0.343 e. The Labute approximate surface area is 102 Å². The summed E-state index contributed by atoms with van der Waals surface area (Å²) in [5, 5.41) is 7.54. The second kappa shape index (κ2) is 5.14. The molecule has 0 aromatic carbocycles. The molecule has 0 bridgehead atoms. The third-order valence-electron chi connectivity index (χ3n) is 3.76. The van der Waals surface area contributed by atoms with Gasteiger partial charge in [0.15, 0.2) is 5.82 Å². The van der Waals surface area contributed by atoms with E-state index in [2.05, 4.69) is 20.4 Å². The fraction of sp³-hybridized carbons (Fsp3) is 0.833. The SMILES string of the molecule is c1nc(CCN2CCCNC(C3CC3)C2)no1. The maximum Gasteiger partial charge on any atom is 0.213 e. The van der Waals surface area contributed by atoms with E-state index in [0.29, 0.717) is 6.04 Å². The van der Waals surface area contributed by atoms with Crippen LogP contribution in [-0.2, 0) is 6.42 Å².